The summed E-state index contributed by atoms with van der Waals surface area (Å²) in [5, 5.41) is 55.0. The molecule has 0 radical (unpaired) electrons. The molecule has 86 heavy (non-hydrogen) atoms. The number of rotatable bonds is 64. The van der Waals surface area contributed by atoms with Gasteiger partial charge in [-0.1, -0.05) is 349 Å². The minimum Gasteiger partial charge on any atom is -0.394 e. The maximum absolute atomic E-state index is 13.2. The second-order valence-corrected chi connectivity index (χ2v) is 25.4. The van der Waals surface area contributed by atoms with Gasteiger partial charge in [0.2, 0.25) is 5.91 Å². The number of aliphatic hydroxyl groups excluding tert-OH is 5. The SMILES string of the molecule is CC/C=C\C/C=C\C/C=C\C/C=C\C/C=C\C/C=C\C/C=C\CCCCCCCCCCCCCC(=O)NC(COC1OC(CO)C(O)C(O)C1O)C(O)CCCCCCCCCCCCCCCCCCCCCCCCCCCCCCCC. The van der Waals surface area contributed by atoms with Crippen molar-refractivity contribution in [1.82, 2.24) is 5.32 Å². The highest BCUT2D eigenvalue weighted by atomic mass is 16.7. The maximum Gasteiger partial charge on any atom is 0.220 e. The van der Waals surface area contributed by atoms with Gasteiger partial charge in [-0.05, 0) is 70.6 Å². The molecule has 0 aliphatic carbocycles. The van der Waals surface area contributed by atoms with Gasteiger partial charge in [0.1, 0.15) is 24.4 Å². The van der Waals surface area contributed by atoms with Crippen LogP contribution in [0.15, 0.2) is 85.1 Å². The van der Waals surface area contributed by atoms with Gasteiger partial charge in [0, 0.05) is 6.42 Å². The van der Waals surface area contributed by atoms with Crippen molar-refractivity contribution in [2.45, 2.75) is 384 Å². The van der Waals surface area contributed by atoms with Gasteiger partial charge in [-0.3, -0.25) is 4.79 Å². The molecular weight excluding hydrogens is 1070 g/mol. The molecular formula is C77H139NO8. The number of nitrogens with one attached hydrogen (secondary N) is 1. The number of unbranched alkanes of at least 4 members (excludes halogenated alkanes) is 40. The number of hydrogen-bond acceptors (Lipinski definition) is 8. The van der Waals surface area contributed by atoms with Crippen molar-refractivity contribution in [2.75, 3.05) is 13.2 Å². The zero-order chi connectivity index (χ0) is 62.1. The number of allylic oxidation sites excluding steroid dienone is 14. The highest BCUT2D eigenvalue weighted by molar-refractivity contribution is 5.76. The van der Waals surface area contributed by atoms with Crippen molar-refractivity contribution in [3.63, 3.8) is 0 Å². The first-order chi connectivity index (χ1) is 42.3. The van der Waals surface area contributed by atoms with Gasteiger partial charge >= 0.3 is 0 Å². The van der Waals surface area contributed by atoms with E-state index >= 15 is 0 Å². The first-order valence-electron chi connectivity index (χ1n) is 36.8. The molecule has 1 aliphatic heterocycles. The molecule has 1 saturated heterocycles. The molecule has 500 valence electrons. The first-order valence-corrected chi connectivity index (χ1v) is 36.8. The lowest BCUT2D eigenvalue weighted by Gasteiger charge is -2.40. The molecule has 1 rings (SSSR count). The molecule has 1 fully saturated rings. The topological polar surface area (TPSA) is 149 Å². The molecule has 9 heteroatoms. The van der Waals surface area contributed by atoms with Crippen LogP contribution >= 0.6 is 0 Å². The molecule has 1 aliphatic rings. The van der Waals surface area contributed by atoms with Crippen LogP contribution in [0.4, 0.5) is 0 Å². The number of hydrogen-bond donors (Lipinski definition) is 6. The standard InChI is InChI=1S/C77H139NO8/c1-3-5-7-9-11-13-15-17-19-21-23-25-27-29-31-33-35-36-37-39-41-43-45-47-49-51-53-55-57-59-61-63-65-67-73(81)78-70(69-85-77-76(84)75(83)74(82)72(68-79)86-77)71(80)66-64-62-60-58-56-54-52-50-48-46-44-42-40-38-34-32-30-28-26-24-22-20-18-16-14-12-10-8-6-4-2/h5,7,11,13,17,19,23,25,29,31,35-36,39,41,70-72,74-77,79-80,82-84H,3-4,6,8-10,12,14-16,18,20-22,24,26-28,30,32-34,37-38,40,42-69H2,1-2H3,(H,78,81)/b7-5-,13-11-,19-17-,25-23-,31-29-,36-35-,41-39-. The fourth-order valence-corrected chi connectivity index (χ4v) is 11.6. The molecule has 9 nitrogen and oxygen atoms in total. The van der Waals surface area contributed by atoms with Crippen molar-refractivity contribution in [2.24, 2.45) is 0 Å². The summed E-state index contributed by atoms with van der Waals surface area (Å²) in [7, 11) is 0. The molecule has 0 aromatic carbocycles. The summed E-state index contributed by atoms with van der Waals surface area (Å²) in [5.41, 5.74) is 0. The Balaban J connectivity index is 2.11. The molecule has 0 bridgehead atoms. The van der Waals surface area contributed by atoms with E-state index in [9.17, 15) is 30.3 Å². The average molecular weight is 1210 g/mol. The predicted octanol–water partition coefficient (Wildman–Crippen LogP) is 20.5. The van der Waals surface area contributed by atoms with E-state index in [4.69, 9.17) is 9.47 Å². The molecule has 1 amide bonds. The lowest BCUT2D eigenvalue weighted by molar-refractivity contribution is -0.302. The normalized spacial score (nSPS) is 18.5. The van der Waals surface area contributed by atoms with E-state index in [0.717, 1.165) is 89.9 Å². The highest BCUT2D eigenvalue weighted by Gasteiger charge is 2.44. The summed E-state index contributed by atoms with van der Waals surface area (Å²) in [5.74, 6) is -0.146. The Hall–Kier alpha value is -2.63. The summed E-state index contributed by atoms with van der Waals surface area (Å²) in [6, 6.07) is -0.728. The second kappa shape index (κ2) is 65.3. The molecule has 0 aromatic rings. The summed E-state index contributed by atoms with van der Waals surface area (Å²) in [6.45, 7) is 3.76. The monoisotopic (exact) mass is 1210 g/mol. The number of aliphatic hydroxyl groups is 5. The molecule has 6 N–H and O–H groups in total. The van der Waals surface area contributed by atoms with Gasteiger partial charge in [-0.2, -0.15) is 0 Å². The quantitative estimate of drug-likeness (QED) is 0.0261. The van der Waals surface area contributed by atoms with E-state index in [-0.39, 0.29) is 12.5 Å². The summed E-state index contributed by atoms with van der Waals surface area (Å²) < 4.78 is 11.4. The fourth-order valence-electron chi connectivity index (χ4n) is 11.6. The van der Waals surface area contributed by atoms with Gasteiger partial charge in [0.25, 0.3) is 0 Å². The van der Waals surface area contributed by atoms with E-state index < -0.39 is 49.5 Å². The molecule has 0 saturated carbocycles. The fraction of sp³-hybridized carbons (Fsp3) is 0.805. The maximum atomic E-state index is 13.2. The van der Waals surface area contributed by atoms with Crippen LogP contribution in [0.25, 0.3) is 0 Å². The van der Waals surface area contributed by atoms with Crippen molar-refractivity contribution < 1.29 is 39.8 Å². The lowest BCUT2D eigenvalue weighted by atomic mass is 9.99. The Labute approximate surface area is 531 Å². The van der Waals surface area contributed by atoms with E-state index in [2.05, 4.69) is 104 Å². The van der Waals surface area contributed by atoms with Crippen molar-refractivity contribution in [1.29, 1.82) is 0 Å². The molecule has 0 spiro atoms. The molecule has 1 heterocycles. The minimum atomic E-state index is -1.56. The lowest BCUT2D eigenvalue weighted by Crippen LogP contribution is -2.60. The largest absolute Gasteiger partial charge is 0.394 e. The predicted molar refractivity (Wildman–Crippen MR) is 368 cm³/mol. The third-order valence-corrected chi connectivity index (χ3v) is 17.3. The first kappa shape index (κ1) is 81.4. The van der Waals surface area contributed by atoms with E-state index in [1.807, 2.05) is 0 Å². The zero-order valence-electron chi connectivity index (χ0n) is 56.1. The Kier molecular flexibility index (Phi) is 61.8. The van der Waals surface area contributed by atoms with E-state index in [1.165, 1.54) is 225 Å². The van der Waals surface area contributed by atoms with Crippen molar-refractivity contribution in [3.05, 3.63) is 85.1 Å². The average Bonchev–Trinajstić information content (AvgIpc) is 2.60. The summed E-state index contributed by atoms with van der Waals surface area (Å²) >= 11 is 0. The minimum absolute atomic E-state index is 0.141. The van der Waals surface area contributed by atoms with Crippen LogP contribution < -0.4 is 5.32 Å². The van der Waals surface area contributed by atoms with Gasteiger partial charge in [0.05, 0.1) is 25.4 Å². The zero-order valence-corrected chi connectivity index (χ0v) is 56.1. The molecule has 7 unspecified atom stereocenters. The van der Waals surface area contributed by atoms with Crippen LogP contribution in [0.1, 0.15) is 341 Å². The van der Waals surface area contributed by atoms with Gasteiger partial charge in [-0.15, -0.1) is 0 Å². The highest BCUT2D eigenvalue weighted by Crippen LogP contribution is 2.24. The molecule has 7 atom stereocenters. The Morgan fingerprint density at radius 2 is 0.721 bits per heavy atom. The van der Waals surface area contributed by atoms with Crippen LogP contribution in [0.3, 0.4) is 0 Å². The summed E-state index contributed by atoms with van der Waals surface area (Å²) in [6.07, 6.45) is 86.5. The van der Waals surface area contributed by atoms with Crippen LogP contribution in [-0.2, 0) is 14.3 Å². The third kappa shape index (κ3) is 53.2. The van der Waals surface area contributed by atoms with Crippen molar-refractivity contribution >= 4 is 5.91 Å². The Morgan fingerprint density at radius 1 is 0.407 bits per heavy atom. The van der Waals surface area contributed by atoms with E-state index in [1.54, 1.807) is 0 Å². The Morgan fingerprint density at radius 3 is 1.07 bits per heavy atom. The van der Waals surface area contributed by atoms with Crippen molar-refractivity contribution in [3.8, 4) is 0 Å². The molecule has 0 aromatic heterocycles. The second-order valence-electron chi connectivity index (χ2n) is 25.4. The van der Waals surface area contributed by atoms with Gasteiger partial charge < -0.3 is 40.3 Å². The number of amides is 1. The van der Waals surface area contributed by atoms with Crippen LogP contribution in [0, 0.1) is 0 Å². The smallest absolute Gasteiger partial charge is 0.220 e. The van der Waals surface area contributed by atoms with Gasteiger partial charge in [0.15, 0.2) is 6.29 Å². The van der Waals surface area contributed by atoms with E-state index in [0.29, 0.717) is 12.8 Å². The van der Waals surface area contributed by atoms with Crippen LogP contribution in [0.2, 0.25) is 0 Å². The number of ether oxygens (including phenoxy) is 2. The third-order valence-electron chi connectivity index (χ3n) is 17.3. The summed E-state index contributed by atoms with van der Waals surface area (Å²) in [4.78, 5) is 13.2. The number of carbonyl (C=O) groups excluding carboxylic acids is 1. The Bertz CT molecular complexity index is 1640. The number of carbonyl (C=O) groups is 1. The van der Waals surface area contributed by atoms with Crippen LogP contribution in [0.5, 0.6) is 0 Å². The van der Waals surface area contributed by atoms with Gasteiger partial charge in [-0.25, -0.2) is 0 Å². The van der Waals surface area contributed by atoms with Crippen LogP contribution in [-0.4, -0.2) is 87.5 Å².